The lowest BCUT2D eigenvalue weighted by atomic mass is 9.90. The summed E-state index contributed by atoms with van der Waals surface area (Å²) in [7, 11) is 1.75. The molecular weight excluding hydrogens is 310 g/mol. The Morgan fingerprint density at radius 2 is 2.22 bits per heavy atom. The van der Waals surface area contributed by atoms with Crippen LogP contribution in [0.2, 0.25) is 0 Å². The Bertz CT molecular complexity index is 448. The van der Waals surface area contributed by atoms with Crippen LogP contribution in [-0.2, 0) is 5.75 Å². The highest BCUT2D eigenvalue weighted by atomic mass is 79.9. The van der Waals surface area contributed by atoms with E-state index in [2.05, 4.69) is 48.1 Å². The van der Waals surface area contributed by atoms with Crippen molar-refractivity contribution < 1.29 is 4.74 Å². The van der Waals surface area contributed by atoms with Gasteiger partial charge in [-0.15, -0.1) is 11.8 Å². The van der Waals surface area contributed by atoms with Crippen molar-refractivity contribution in [3.05, 3.63) is 27.7 Å². The summed E-state index contributed by atoms with van der Waals surface area (Å²) >= 11 is 5.69. The van der Waals surface area contributed by atoms with E-state index in [-0.39, 0.29) is 4.75 Å². The lowest BCUT2D eigenvalue weighted by Gasteiger charge is -2.41. The predicted molar refractivity (Wildman–Crippen MR) is 82.5 cm³/mol. The Morgan fingerprint density at radius 1 is 1.50 bits per heavy atom. The van der Waals surface area contributed by atoms with E-state index in [1.165, 1.54) is 15.6 Å². The molecule has 1 aromatic rings. The molecule has 0 aromatic heterocycles. The maximum absolute atomic E-state index is 5.50. The second-order valence-corrected chi connectivity index (χ2v) is 7.51. The molecule has 2 rings (SSSR count). The number of thioether (sulfide) groups is 1. The summed E-state index contributed by atoms with van der Waals surface area (Å²) in [5.74, 6) is 2.01. The van der Waals surface area contributed by atoms with Crippen molar-refractivity contribution in [2.24, 2.45) is 0 Å². The lowest BCUT2D eigenvalue weighted by molar-refractivity contribution is 0.402. The van der Waals surface area contributed by atoms with Crippen LogP contribution in [0.1, 0.15) is 37.9 Å². The van der Waals surface area contributed by atoms with Crippen LogP contribution in [0.3, 0.4) is 0 Å². The van der Waals surface area contributed by atoms with Gasteiger partial charge in [0.2, 0.25) is 0 Å². The number of hydrogen-bond acceptors (Lipinski definition) is 3. The van der Waals surface area contributed by atoms with Gasteiger partial charge in [-0.2, -0.15) is 0 Å². The summed E-state index contributed by atoms with van der Waals surface area (Å²) < 4.78 is 6.87. The van der Waals surface area contributed by atoms with E-state index >= 15 is 0 Å². The van der Waals surface area contributed by atoms with Gasteiger partial charge in [-0.3, -0.25) is 0 Å². The van der Waals surface area contributed by atoms with Crippen LogP contribution in [-0.4, -0.2) is 18.4 Å². The third kappa shape index (κ3) is 2.43. The van der Waals surface area contributed by atoms with Crippen LogP contribution >= 0.6 is 27.7 Å². The SMILES string of the molecule is CCNC1c2c(Br)ccc(OC)c2CSC1(C)C. The normalized spacial score (nSPS) is 21.5. The molecule has 0 aliphatic carbocycles. The van der Waals surface area contributed by atoms with Crippen molar-refractivity contribution in [3.63, 3.8) is 0 Å². The molecule has 0 spiro atoms. The van der Waals surface area contributed by atoms with E-state index in [9.17, 15) is 0 Å². The standard InChI is InChI=1S/C14H20BrNOS/c1-5-16-13-12-9(8-18-14(13,2)3)11(17-4)7-6-10(12)15/h6-7,13,16H,5,8H2,1-4H3. The smallest absolute Gasteiger partial charge is 0.123 e. The Hall–Kier alpha value is -0.190. The highest BCUT2D eigenvalue weighted by Crippen LogP contribution is 2.50. The van der Waals surface area contributed by atoms with E-state index in [1.807, 2.05) is 17.8 Å². The van der Waals surface area contributed by atoms with Crippen molar-refractivity contribution in [2.45, 2.75) is 37.3 Å². The van der Waals surface area contributed by atoms with Gasteiger partial charge in [0.05, 0.1) is 7.11 Å². The van der Waals surface area contributed by atoms with E-state index in [4.69, 9.17) is 4.74 Å². The molecule has 1 aliphatic heterocycles. The zero-order valence-corrected chi connectivity index (χ0v) is 13.7. The Kier molecular flexibility index (Phi) is 4.29. The van der Waals surface area contributed by atoms with E-state index < -0.39 is 0 Å². The fourth-order valence-electron chi connectivity index (χ4n) is 2.51. The molecule has 1 heterocycles. The van der Waals surface area contributed by atoms with E-state index in [1.54, 1.807) is 7.11 Å². The number of nitrogens with one attached hydrogen (secondary N) is 1. The average molecular weight is 330 g/mol. The number of hydrogen-bond donors (Lipinski definition) is 1. The Morgan fingerprint density at radius 3 is 2.83 bits per heavy atom. The number of fused-ring (bicyclic) bond motifs is 1. The molecule has 1 atom stereocenters. The van der Waals surface area contributed by atoms with Gasteiger partial charge in [-0.25, -0.2) is 0 Å². The molecule has 0 saturated carbocycles. The predicted octanol–water partition coefficient (Wildman–Crippen LogP) is 4.13. The summed E-state index contributed by atoms with van der Waals surface area (Å²) in [6.07, 6.45) is 0. The first-order chi connectivity index (χ1) is 8.51. The number of ether oxygens (including phenoxy) is 1. The second-order valence-electron chi connectivity index (χ2n) is 5.02. The minimum atomic E-state index is 0.192. The highest BCUT2D eigenvalue weighted by Gasteiger charge is 2.38. The van der Waals surface area contributed by atoms with Crippen molar-refractivity contribution in [1.82, 2.24) is 5.32 Å². The van der Waals surface area contributed by atoms with Gasteiger partial charge in [0.1, 0.15) is 5.75 Å². The fraction of sp³-hybridized carbons (Fsp3) is 0.571. The van der Waals surface area contributed by atoms with Crippen LogP contribution < -0.4 is 10.1 Å². The highest BCUT2D eigenvalue weighted by molar-refractivity contribution is 9.10. The first kappa shape index (κ1) is 14.2. The third-order valence-corrected chi connectivity index (χ3v) is 5.57. The molecule has 1 unspecified atom stereocenters. The summed E-state index contributed by atoms with van der Waals surface area (Å²) in [5, 5.41) is 3.62. The number of benzene rings is 1. The average Bonchev–Trinajstić information content (AvgIpc) is 2.33. The van der Waals surface area contributed by atoms with Gasteiger partial charge in [0.15, 0.2) is 0 Å². The van der Waals surface area contributed by atoms with Gasteiger partial charge >= 0.3 is 0 Å². The maximum atomic E-state index is 5.50. The molecule has 4 heteroatoms. The lowest BCUT2D eigenvalue weighted by Crippen LogP contribution is -2.40. The molecule has 0 amide bonds. The number of methoxy groups -OCH3 is 1. The van der Waals surface area contributed by atoms with Crippen molar-refractivity contribution in [2.75, 3.05) is 13.7 Å². The number of rotatable bonds is 3. The summed E-state index contributed by atoms with van der Waals surface area (Å²) in [5.41, 5.74) is 2.68. The second kappa shape index (κ2) is 5.43. The molecule has 1 aromatic carbocycles. The summed E-state index contributed by atoms with van der Waals surface area (Å²) in [6, 6.07) is 4.49. The quantitative estimate of drug-likeness (QED) is 0.900. The summed E-state index contributed by atoms with van der Waals surface area (Å²) in [6.45, 7) is 7.74. The van der Waals surface area contributed by atoms with Crippen molar-refractivity contribution >= 4 is 27.7 Å². The van der Waals surface area contributed by atoms with Crippen LogP contribution in [0.5, 0.6) is 5.75 Å². The zero-order chi connectivity index (χ0) is 13.3. The molecule has 100 valence electrons. The van der Waals surface area contributed by atoms with Gasteiger partial charge in [-0.1, -0.05) is 22.9 Å². The largest absolute Gasteiger partial charge is 0.496 e. The van der Waals surface area contributed by atoms with Gasteiger partial charge in [0.25, 0.3) is 0 Å². The minimum absolute atomic E-state index is 0.192. The molecule has 0 bridgehead atoms. The van der Waals surface area contributed by atoms with Crippen molar-refractivity contribution in [1.29, 1.82) is 0 Å². The first-order valence-corrected chi connectivity index (χ1v) is 8.01. The zero-order valence-electron chi connectivity index (χ0n) is 11.3. The number of halogens is 1. The van der Waals surface area contributed by atoms with Gasteiger partial charge in [-0.05, 0) is 38.1 Å². The molecule has 2 nitrogen and oxygen atoms in total. The Balaban J connectivity index is 2.56. The monoisotopic (exact) mass is 329 g/mol. The molecule has 0 saturated heterocycles. The molecule has 0 fully saturated rings. The maximum Gasteiger partial charge on any atom is 0.123 e. The van der Waals surface area contributed by atoms with E-state index in [0.29, 0.717) is 6.04 Å². The molecule has 0 radical (unpaired) electrons. The van der Waals surface area contributed by atoms with Gasteiger partial charge in [0, 0.05) is 26.6 Å². The molecule has 18 heavy (non-hydrogen) atoms. The summed E-state index contributed by atoms with van der Waals surface area (Å²) in [4.78, 5) is 0. The Labute approximate surface area is 122 Å². The topological polar surface area (TPSA) is 21.3 Å². The van der Waals surface area contributed by atoms with Crippen LogP contribution in [0.4, 0.5) is 0 Å². The van der Waals surface area contributed by atoms with Crippen molar-refractivity contribution in [3.8, 4) is 5.75 Å². The van der Waals surface area contributed by atoms with Crippen LogP contribution in [0.25, 0.3) is 0 Å². The molecular formula is C14H20BrNOS. The van der Waals surface area contributed by atoms with E-state index in [0.717, 1.165) is 18.0 Å². The van der Waals surface area contributed by atoms with Crippen LogP contribution in [0.15, 0.2) is 16.6 Å². The molecule has 1 N–H and O–H groups in total. The minimum Gasteiger partial charge on any atom is -0.496 e. The fourth-order valence-corrected chi connectivity index (χ4v) is 4.29. The first-order valence-electron chi connectivity index (χ1n) is 6.24. The third-order valence-electron chi connectivity index (χ3n) is 3.46. The molecule has 1 aliphatic rings. The van der Waals surface area contributed by atoms with Crippen LogP contribution in [0, 0.1) is 0 Å². The van der Waals surface area contributed by atoms with Gasteiger partial charge < -0.3 is 10.1 Å².